The molecule has 0 atom stereocenters. The van der Waals surface area contributed by atoms with Gasteiger partial charge >= 0.3 is 33.4 Å². The van der Waals surface area contributed by atoms with Crippen molar-refractivity contribution in [2.45, 2.75) is 44.9 Å². The molecule has 3 aromatic carbocycles. The molecule has 0 radical (unpaired) electrons. The summed E-state index contributed by atoms with van der Waals surface area (Å²) in [7, 11) is -11.2. The Hall–Kier alpha value is -2.71. The summed E-state index contributed by atoms with van der Waals surface area (Å²) in [6.07, 6.45) is -7.20. The first-order valence-electron chi connectivity index (χ1n) is 10.1. The standard InChI is InChI=1S/C23H17F9O3S2/c1-16-10-8-9-15-19(16)36(17-11-4-2-5-12-17,18-13-6-3-7-14-18)35-37(33,34)23(31,32)21(26,27)20(24,25)22(28,29)30/h2-15H,1H3. The third-order valence-corrected chi connectivity index (χ3v) is 10.5. The second-order valence-corrected chi connectivity index (χ2v) is 12.1. The zero-order valence-electron chi connectivity index (χ0n) is 18.5. The number of rotatable bonds is 8. The molecule has 0 aliphatic heterocycles. The van der Waals surface area contributed by atoms with Gasteiger partial charge in [0, 0.05) is 14.7 Å². The zero-order valence-corrected chi connectivity index (χ0v) is 20.2. The van der Waals surface area contributed by atoms with Crippen LogP contribution in [0.2, 0.25) is 0 Å². The summed E-state index contributed by atoms with van der Waals surface area (Å²) in [5.41, 5.74) is 0.233. The van der Waals surface area contributed by atoms with Crippen LogP contribution in [0.3, 0.4) is 0 Å². The molecule has 0 saturated heterocycles. The van der Waals surface area contributed by atoms with Gasteiger partial charge in [-0.25, -0.2) is 3.63 Å². The lowest BCUT2D eigenvalue weighted by atomic mass is 10.1. The molecule has 3 nitrogen and oxygen atoms in total. The van der Waals surface area contributed by atoms with Crippen molar-refractivity contribution in [1.29, 1.82) is 0 Å². The van der Waals surface area contributed by atoms with Gasteiger partial charge in [0.25, 0.3) is 0 Å². The van der Waals surface area contributed by atoms with Gasteiger partial charge in [0.2, 0.25) is 0 Å². The van der Waals surface area contributed by atoms with Gasteiger partial charge < -0.3 is 0 Å². The summed E-state index contributed by atoms with van der Waals surface area (Å²) in [5, 5.41) is -7.01. The summed E-state index contributed by atoms with van der Waals surface area (Å²) < 4.78 is 153. The van der Waals surface area contributed by atoms with Crippen LogP contribution in [0.15, 0.2) is 99.6 Å². The van der Waals surface area contributed by atoms with Gasteiger partial charge in [0.1, 0.15) is 0 Å². The van der Waals surface area contributed by atoms with E-state index in [4.69, 9.17) is 3.63 Å². The van der Waals surface area contributed by atoms with Crippen LogP contribution in [-0.4, -0.2) is 31.7 Å². The van der Waals surface area contributed by atoms with Gasteiger partial charge in [0.05, 0.1) is 0 Å². The maximum absolute atomic E-state index is 14.8. The minimum Gasteiger partial charge on any atom is -0.202 e. The van der Waals surface area contributed by atoms with Crippen molar-refractivity contribution in [1.82, 2.24) is 0 Å². The van der Waals surface area contributed by atoms with Crippen molar-refractivity contribution < 1.29 is 51.6 Å². The summed E-state index contributed by atoms with van der Waals surface area (Å²) >= 11 is 0. The van der Waals surface area contributed by atoms with E-state index in [0.29, 0.717) is 0 Å². The minimum atomic E-state index is -7.43. The molecule has 0 aromatic heterocycles. The predicted octanol–water partition coefficient (Wildman–Crippen LogP) is 7.96. The van der Waals surface area contributed by atoms with Gasteiger partial charge in [0.15, 0.2) is 0 Å². The molecule has 0 unspecified atom stereocenters. The van der Waals surface area contributed by atoms with E-state index in [2.05, 4.69) is 0 Å². The first-order valence-corrected chi connectivity index (χ1v) is 13.0. The van der Waals surface area contributed by atoms with E-state index in [9.17, 15) is 47.9 Å². The van der Waals surface area contributed by atoms with E-state index in [1.54, 1.807) is 0 Å². The van der Waals surface area contributed by atoms with E-state index in [-0.39, 0.29) is 20.2 Å². The Morgan fingerprint density at radius 2 is 1.00 bits per heavy atom. The average molecular weight is 577 g/mol. The molecule has 0 aliphatic carbocycles. The van der Waals surface area contributed by atoms with Crippen LogP contribution >= 0.6 is 10.3 Å². The monoisotopic (exact) mass is 576 g/mol. The third-order valence-electron chi connectivity index (χ3n) is 5.18. The molecule has 0 saturated carbocycles. The van der Waals surface area contributed by atoms with E-state index >= 15 is 0 Å². The fraction of sp³-hybridized carbons (Fsp3) is 0.217. The second-order valence-electron chi connectivity index (χ2n) is 7.63. The highest BCUT2D eigenvalue weighted by atomic mass is 32.3. The van der Waals surface area contributed by atoms with Crippen molar-refractivity contribution in [2.75, 3.05) is 0 Å². The highest BCUT2D eigenvalue weighted by Gasteiger charge is 2.86. The van der Waals surface area contributed by atoms with Gasteiger partial charge in [-0.05, 0) is 53.1 Å². The Morgan fingerprint density at radius 1 is 0.595 bits per heavy atom. The molecule has 0 bridgehead atoms. The zero-order chi connectivity index (χ0) is 27.9. The van der Waals surface area contributed by atoms with E-state index in [1.165, 1.54) is 91.9 Å². The molecule has 0 fully saturated rings. The summed E-state index contributed by atoms with van der Waals surface area (Å²) in [4.78, 5) is -0.376. The smallest absolute Gasteiger partial charge is 0.202 e. The van der Waals surface area contributed by atoms with Gasteiger partial charge in [-0.1, -0.05) is 54.6 Å². The fourth-order valence-corrected chi connectivity index (χ4v) is 8.74. The number of alkyl halides is 9. The van der Waals surface area contributed by atoms with Crippen LogP contribution in [-0.2, 0) is 13.7 Å². The minimum absolute atomic E-state index is 0.0994. The van der Waals surface area contributed by atoms with Crippen molar-refractivity contribution in [3.63, 3.8) is 0 Å². The van der Waals surface area contributed by atoms with Crippen LogP contribution < -0.4 is 0 Å². The lowest BCUT2D eigenvalue weighted by Gasteiger charge is -2.42. The molecule has 14 heteroatoms. The molecule has 0 amide bonds. The molecule has 0 spiro atoms. The molecular weight excluding hydrogens is 559 g/mol. The highest BCUT2D eigenvalue weighted by Crippen LogP contribution is 2.72. The molecule has 3 rings (SSSR count). The maximum Gasteiger partial charge on any atom is 0.460 e. The SMILES string of the molecule is Cc1ccccc1S(OS(=O)(=O)C(F)(F)C(F)(F)C(F)(F)C(F)(F)F)(c1ccccc1)c1ccccc1. The third kappa shape index (κ3) is 4.59. The van der Waals surface area contributed by atoms with Crippen molar-refractivity contribution >= 4 is 20.4 Å². The number of aryl methyl sites for hydroxylation is 1. The van der Waals surface area contributed by atoms with Crippen molar-refractivity contribution in [2.24, 2.45) is 0 Å². The van der Waals surface area contributed by atoms with E-state index < -0.39 is 43.7 Å². The normalized spacial score (nSPS) is 14.4. The van der Waals surface area contributed by atoms with Crippen LogP contribution in [0.1, 0.15) is 5.56 Å². The van der Waals surface area contributed by atoms with E-state index in [1.807, 2.05) is 0 Å². The summed E-state index contributed by atoms with van der Waals surface area (Å²) in [6.45, 7) is 1.42. The molecule has 0 heterocycles. The summed E-state index contributed by atoms with van der Waals surface area (Å²) in [5.74, 6) is -14.8. The Labute approximate surface area is 207 Å². The Morgan fingerprint density at radius 3 is 1.41 bits per heavy atom. The maximum atomic E-state index is 14.8. The van der Waals surface area contributed by atoms with E-state index in [0.717, 1.165) is 0 Å². The molecule has 0 aliphatic rings. The summed E-state index contributed by atoms with van der Waals surface area (Å²) in [6, 6.07) is 18.7. The Kier molecular flexibility index (Phi) is 7.45. The molecule has 3 aromatic rings. The van der Waals surface area contributed by atoms with Gasteiger partial charge in [-0.2, -0.15) is 47.9 Å². The average Bonchev–Trinajstić information content (AvgIpc) is 2.83. The fourth-order valence-electron chi connectivity index (χ4n) is 3.30. The van der Waals surface area contributed by atoms with Crippen molar-refractivity contribution in [3.05, 3.63) is 90.5 Å². The van der Waals surface area contributed by atoms with Crippen molar-refractivity contribution in [3.8, 4) is 0 Å². The quantitative estimate of drug-likeness (QED) is 0.256. The number of hydrogen-bond donors (Lipinski definition) is 0. The van der Waals surface area contributed by atoms with Crippen LogP contribution in [0, 0.1) is 6.92 Å². The second kappa shape index (κ2) is 9.55. The largest absolute Gasteiger partial charge is 0.460 e. The predicted molar refractivity (Wildman–Crippen MR) is 117 cm³/mol. The van der Waals surface area contributed by atoms with Crippen LogP contribution in [0.4, 0.5) is 39.5 Å². The topological polar surface area (TPSA) is 43.4 Å². The first-order chi connectivity index (χ1) is 16.9. The molecule has 202 valence electrons. The molecular formula is C23H17F9O3S2. The van der Waals surface area contributed by atoms with Crippen LogP contribution in [0.5, 0.6) is 0 Å². The van der Waals surface area contributed by atoms with Gasteiger partial charge in [-0.15, -0.1) is 0 Å². The number of hydrogen-bond acceptors (Lipinski definition) is 3. The highest BCUT2D eigenvalue weighted by molar-refractivity contribution is 8.33. The lowest BCUT2D eigenvalue weighted by Crippen LogP contribution is -2.63. The molecule has 37 heavy (non-hydrogen) atoms. The molecule has 0 N–H and O–H groups in total. The van der Waals surface area contributed by atoms with Crippen LogP contribution in [0.25, 0.3) is 0 Å². The number of halogens is 9. The Balaban J connectivity index is 2.37. The Bertz CT molecular complexity index is 1310. The lowest BCUT2D eigenvalue weighted by molar-refractivity contribution is -0.382. The first kappa shape index (κ1) is 28.9. The number of benzene rings is 3. The van der Waals surface area contributed by atoms with Gasteiger partial charge in [-0.3, -0.25) is 0 Å².